The molecule has 2 fully saturated rings. The molecule has 5 heteroatoms. The van der Waals surface area contributed by atoms with Gasteiger partial charge in [-0.1, -0.05) is 0 Å². The van der Waals surface area contributed by atoms with Crippen molar-refractivity contribution >= 4 is 17.3 Å². The Kier molecular flexibility index (Phi) is 4.01. The molecule has 0 aromatic heterocycles. The van der Waals surface area contributed by atoms with E-state index in [-0.39, 0.29) is 5.97 Å². The minimum absolute atomic E-state index is 0.288. The van der Waals surface area contributed by atoms with Gasteiger partial charge >= 0.3 is 5.97 Å². The lowest BCUT2D eigenvalue weighted by Gasteiger charge is -2.36. The van der Waals surface area contributed by atoms with Crippen LogP contribution < -0.4 is 10.6 Å². The first-order chi connectivity index (χ1) is 10.2. The van der Waals surface area contributed by atoms with Gasteiger partial charge in [-0.05, 0) is 38.0 Å². The van der Waals surface area contributed by atoms with Crippen molar-refractivity contribution in [3.05, 3.63) is 23.8 Å². The second-order valence-corrected chi connectivity index (χ2v) is 5.75. The number of hydrogen-bond acceptors (Lipinski definition) is 5. The molecule has 114 valence electrons. The lowest BCUT2D eigenvalue weighted by Crippen LogP contribution is -2.47. The molecule has 1 aromatic rings. The van der Waals surface area contributed by atoms with Gasteiger partial charge in [0.1, 0.15) is 0 Å². The third-order valence-corrected chi connectivity index (χ3v) is 4.23. The number of carbonyl (C=O) groups excluding carboxylic acids is 1. The Morgan fingerprint density at radius 2 is 2.00 bits per heavy atom. The topological polar surface area (TPSA) is 58.8 Å². The van der Waals surface area contributed by atoms with Crippen LogP contribution in [0.15, 0.2) is 18.2 Å². The van der Waals surface area contributed by atoms with E-state index < -0.39 is 0 Å². The minimum Gasteiger partial charge on any atom is -0.462 e. The maximum Gasteiger partial charge on any atom is 0.340 e. The molecule has 0 atom stereocenters. The number of esters is 1. The number of rotatable bonds is 4. The summed E-state index contributed by atoms with van der Waals surface area (Å²) in [5.41, 5.74) is 7.95. The molecule has 1 aliphatic carbocycles. The van der Waals surface area contributed by atoms with Crippen molar-refractivity contribution in [2.24, 2.45) is 0 Å². The van der Waals surface area contributed by atoms with Crippen LogP contribution in [-0.2, 0) is 4.74 Å². The lowest BCUT2D eigenvalue weighted by molar-refractivity contribution is 0.0527. The Hall–Kier alpha value is -1.75. The summed E-state index contributed by atoms with van der Waals surface area (Å²) >= 11 is 0. The van der Waals surface area contributed by atoms with E-state index in [0.29, 0.717) is 17.9 Å². The molecular weight excluding hydrogens is 266 g/mol. The van der Waals surface area contributed by atoms with Gasteiger partial charge < -0.3 is 15.4 Å². The van der Waals surface area contributed by atoms with Crippen molar-refractivity contribution in [2.45, 2.75) is 25.8 Å². The van der Waals surface area contributed by atoms with E-state index in [1.807, 2.05) is 19.1 Å². The highest BCUT2D eigenvalue weighted by Crippen LogP contribution is 2.30. The Balaban J connectivity index is 1.76. The summed E-state index contributed by atoms with van der Waals surface area (Å²) < 4.78 is 5.15. The second-order valence-electron chi connectivity index (χ2n) is 5.75. The molecule has 1 aromatic carbocycles. The molecule has 2 aliphatic rings. The maximum atomic E-state index is 12.1. The zero-order valence-electron chi connectivity index (χ0n) is 12.5. The molecule has 1 aliphatic heterocycles. The molecule has 1 saturated carbocycles. The number of nitrogens with zero attached hydrogens (tertiary/aromatic N) is 2. The van der Waals surface area contributed by atoms with Gasteiger partial charge in [0.25, 0.3) is 0 Å². The molecule has 1 heterocycles. The number of carbonyl (C=O) groups is 1. The average Bonchev–Trinajstić information content (AvgIpc) is 3.32. The zero-order chi connectivity index (χ0) is 14.8. The summed E-state index contributed by atoms with van der Waals surface area (Å²) in [4.78, 5) is 16.9. The number of nitrogen functional groups attached to an aromatic ring is 1. The largest absolute Gasteiger partial charge is 0.462 e. The van der Waals surface area contributed by atoms with E-state index in [0.717, 1.165) is 37.9 Å². The predicted molar refractivity (Wildman–Crippen MR) is 83.6 cm³/mol. The molecular formula is C16H23N3O2. The van der Waals surface area contributed by atoms with Crippen molar-refractivity contribution in [3.63, 3.8) is 0 Å². The molecule has 0 unspecified atom stereocenters. The van der Waals surface area contributed by atoms with Gasteiger partial charge in [-0.25, -0.2) is 4.79 Å². The van der Waals surface area contributed by atoms with Gasteiger partial charge in [-0.2, -0.15) is 0 Å². The highest BCUT2D eigenvalue weighted by molar-refractivity contribution is 5.97. The maximum absolute atomic E-state index is 12.1. The number of piperazine rings is 1. The third kappa shape index (κ3) is 3.13. The quantitative estimate of drug-likeness (QED) is 0.676. The highest BCUT2D eigenvalue weighted by atomic mass is 16.5. The second kappa shape index (κ2) is 5.93. The first-order valence-corrected chi connectivity index (χ1v) is 7.74. The highest BCUT2D eigenvalue weighted by Gasteiger charge is 2.32. The van der Waals surface area contributed by atoms with E-state index in [1.54, 1.807) is 6.07 Å². The molecule has 0 amide bonds. The SMILES string of the molecule is CCOC(=O)c1cc(N)ccc1N1CCN(C2CC2)CC1. The van der Waals surface area contributed by atoms with Gasteiger partial charge in [-0.3, -0.25) is 4.90 Å². The van der Waals surface area contributed by atoms with Crippen molar-refractivity contribution in [1.29, 1.82) is 0 Å². The van der Waals surface area contributed by atoms with Crippen LogP contribution in [-0.4, -0.2) is 49.7 Å². The smallest absolute Gasteiger partial charge is 0.340 e. The fraction of sp³-hybridized carbons (Fsp3) is 0.562. The van der Waals surface area contributed by atoms with Crippen LogP contribution in [0.2, 0.25) is 0 Å². The Morgan fingerprint density at radius 1 is 1.29 bits per heavy atom. The zero-order valence-corrected chi connectivity index (χ0v) is 12.5. The predicted octanol–water partition coefficient (Wildman–Crippen LogP) is 1.73. The van der Waals surface area contributed by atoms with Crippen LogP contribution in [0.5, 0.6) is 0 Å². The number of anilines is 2. The van der Waals surface area contributed by atoms with Crippen LogP contribution in [0.1, 0.15) is 30.1 Å². The van der Waals surface area contributed by atoms with Crippen LogP contribution >= 0.6 is 0 Å². The van der Waals surface area contributed by atoms with E-state index >= 15 is 0 Å². The Labute approximate surface area is 125 Å². The summed E-state index contributed by atoms with van der Waals surface area (Å²) in [5, 5.41) is 0. The molecule has 21 heavy (non-hydrogen) atoms. The van der Waals surface area contributed by atoms with Crippen LogP contribution in [0.4, 0.5) is 11.4 Å². The number of benzene rings is 1. The Morgan fingerprint density at radius 3 is 2.62 bits per heavy atom. The molecule has 2 N–H and O–H groups in total. The summed E-state index contributed by atoms with van der Waals surface area (Å²) in [6, 6.07) is 6.32. The van der Waals surface area contributed by atoms with Crippen molar-refractivity contribution in [1.82, 2.24) is 4.90 Å². The molecule has 3 rings (SSSR count). The third-order valence-electron chi connectivity index (χ3n) is 4.23. The first kappa shape index (κ1) is 14.2. The fourth-order valence-electron chi connectivity index (χ4n) is 2.97. The van der Waals surface area contributed by atoms with Crippen molar-refractivity contribution < 1.29 is 9.53 Å². The summed E-state index contributed by atoms with van der Waals surface area (Å²) in [6.45, 7) is 6.23. The number of ether oxygens (including phenoxy) is 1. The standard InChI is InChI=1S/C16H23N3O2/c1-2-21-16(20)14-11-12(17)3-6-15(14)19-9-7-18(8-10-19)13-4-5-13/h3,6,11,13H,2,4-5,7-10,17H2,1H3. The molecule has 5 nitrogen and oxygen atoms in total. The summed E-state index contributed by atoms with van der Waals surface area (Å²) in [6.07, 6.45) is 2.69. The number of nitrogens with two attached hydrogens (primary N) is 1. The van der Waals surface area contributed by atoms with Crippen molar-refractivity contribution in [2.75, 3.05) is 43.4 Å². The lowest BCUT2D eigenvalue weighted by atomic mass is 10.1. The van der Waals surface area contributed by atoms with Gasteiger partial charge in [0.15, 0.2) is 0 Å². The molecule has 0 spiro atoms. The van der Waals surface area contributed by atoms with Crippen molar-refractivity contribution in [3.8, 4) is 0 Å². The Bertz CT molecular complexity index is 520. The molecule has 0 bridgehead atoms. The van der Waals surface area contributed by atoms with E-state index in [4.69, 9.17) is 10.5 Å². The van der Waals surface area contributed by atoms with E-state index in [9.17, 15) is 4.79 Å². The minimum atomic E-state index is -0.288. The average molecular weight is 289 g/mol. The van der Waals surface area contributed by atoms with Gasteiger partial charge in [0.05, 0.1) is 17.9 Å². The van der Waals surface area contributed by atoms with Gasteiger partial charge in [0, 0.05) is 37.9 Å². The van der Waals surface area contributed by atoms with E-state index in [1.165, 1.54) is 12.8 Å². The summed E-state index contributed by atoms with van der Waals surface area (Å²) in [5.74, 6) is -0.288. The van der Waals surface area contributed by atoms with Gasteiger partial charge in [-0.15, -0.1) is 0 Å². The van der Waals surface area contributed by atoms with Crippen LogP contribution in [0.3, 0.4) is 0 Å². The molecule has 0 radical (unpaired) electrons. The summed E-state index contributed by atoms with van der Waals surface area (Å²) in [7, 11) is 0. The van der Waals surface area contributed by atoms with E-state index in [2.05, 4.69) is 9.80 Å². The monoisotopic (exact) mass is 289 g/mol. The van der Waals surface area contributed by atoms with Gasteiger partial charge in [0.2, 0.25) is 0 Å². The normalized spacial score (nSPS) is 19.6. The fourth-order valence-corrected chi connectivity index (χ4v) is 2.97. The first-order valence-electron chi connectivity index (χ1n) is 7.74. The van der Waals surface area contributed by atoms with Crippen LogP contribution in [0, 0.1) is 0 Å². The number of hydrogen-bond donors (Lipinski definition) is 1. The molecule has 1 saturated heterocycles. The van der Waals surface area contributed by atoms with Crippen LogP contribution in [0.25, 0.3) is 0 Å².